The number of imidazole rings is 1. The van der Waals surface area contributed by atoms with E-state index in [-0.39, 0.29) is 5.56 Å². The third-order valence-electron chi connectivity index (χ3n) is 5.10. The molecule has 4 aromatic rings. The van der Waals surface area contributed by atoms with E-state index in [9.17, 15) is 9.59 Å². The molecule has 0 aliphatic heterocycles. The summed E-state index contributed by atoms with van der Waals surface area (Å²) in [6.07, 6.45) is 1.55. The fraction of sp³-hybridized carbons (Fsp3) is 0.263. The van der Waals surface area contributed by atoms with Gasteiger partial charge in [-0.1, -0.05) is 23.7 Å². The Bertz CT molecular complexity index is 1350. The molecule has 0 aliphatic carbocycles. The SMILES string of the molecule is Cc1ccc2cc(Cn3cnc4c3c(=O)n(C)c(=O)n4C)c(Cl)nc2c1C. The number of fused-ring (bicyclic) bond motifs is 2. The van der Waals surface area contributed by atoms with Gasteiger partial charge in [-0.15, -0.1) is 0 Å². The molecule has 3 aromatic heterocycles. The average Bonchev–Trinajstić information content (AvgIpc) is 3.06. The second-order valence-corrected chi connectivity index (χ2v) is 7.13. The molecule has 0 saturated carbocycles. The first-order valence-electron chi connectivity index (χ1n) is 8.45. The zero-order valence-electron chi connectivity index (χ0n) is 15.4. The van der Waals surface area contributed by atoms with Crippen LogP contribution in [0.2, 0.25) is 5.15 Å². The number of benzene rings is 1. The average molecular weight is 384 g/mol. The molecule has 0 radical (unpaired) electrons. The summed E-state index contributed by atoms with van der Waals surface area (Å²) in [6, 6.07) is 6.05. The van der Waals surface area contributed by atoms with Crippen molar-refractivity contribution in [2.24, 2.45) is 14.1 Å². The summed E-state index contributed by atoms with van der Waals surface area (Å²) in [5, 5.41) is 1.38. The van der Waals surface area contributed by atoms with Crippen molar-refractivity contribution in [3.63, 3.8) is 0 Å². The number of halogens is 1. The van der Waals surface area contributed by atoms with Gasteiger partial charge >= 0.3 is 5.69 Å². The van der Waals surface area contributed by atoms with Crippen molar-refractivity contribution in [2.75, 3.05) is 0 Å². The number of hydrogen-bond acceptors (Lipinski definition) is 4. The molecule has 0 N–H and O–H groups in total. The molecule has 138 valence electrons. The second kappa shape index (κ2) is 6.06. The Morgan fingerprint density at radius 2 is 1.85 bits per heavy atom. The molecule has 1 aromatic carbocycles. The fourth-order valence-corrected chi connectivity index (χ4v) is 3.51. The van der Waals surface area contributed by atoms with Crippen LogP contribution in [0.15, 0.2) is 34.1 Å². The van der Waals surface area contributed by atoms with Crippen LogP contribution in [-0.2, 0) is 20.6 Å². The lowest BCUT2D eigenvalue weighted by Crippen LogP contribution is -2.37. The quantitative estimate of drug-likeness (QED) is 0.498. The first kappa shape index (κ1) is 17.5. The summed E-state index contributed by atoms with van der Waals surface area (Å²) in [7, 11) is 3.05. The summed E-state index contributed by atoms with van der Waals surface area (Å²) in [6.45, 7) is 4.39. The van der Waals surface area contributed by atoms with Crippen LogP contribution >= 0.6 is 11.6 Å². The Hall–Kier alpha value is -2.93. The Kier molecular flexibility index (Phi) is 3.92. The first-order valence-corrected chi connectivity index (χ1v) is 8.83. The highest BCUT2D eigenvalue weighted by molar-refractivity contribution is 6.30. The van der Waals surface area contributed by atoms with Crippen LogP contribution in [0.1, 0.15) is 16.7 Å². The highest BCUT2D eigenvalue weighted by atomic mass is 35.5. The van der Waals surface area contributed by atoms with Gasteiger partial charge in [0.2, 0.25) is 0 Å². The Morgan fingerprint density at radius 3 is 2.59 bits per heavy atom. The number of rotatable bonds is 2. The zero-order valence-corrected chi connectivity index (χ0v) is 16.2. The molecular formula is C19H18ClN5O2. The van der Waals surface area contributed by atoms with Gasteiger partial charge in [0.15, 0.2) is 11.2 Å². The van der Waals surface area contributed by atoms with Crippen molar-refractivity contribution in [3.05, 3.63) is 67.2 Å². The minimum atomic E-state index is -0.408. The van der Waals surface area contributed by atoms with Gasteiger partial charge in [0.1, 0.15) is 5.15 Å². The first-order chi connectivity index (χ1) is 12.8. The molecule has 8 heteroatoms. The second-order valence-electron chi connectivity index (χ2n) is 6.77. The van der Waals surface area contributed by atoms with Crippen LogP contribution < -0.4 is 11.2 Å². The molecule has 7 nitrogen and oxygen atoms in total. The summed E-state index contributed by atoms with van der Waals surface area (Å²) < 4.78 is 4.14. The van der Waals surface area contributed by atoms with Gasteiger partial charge in [-0.25, -0.2) is 14.8 Å². The Morgan fingerprint density at radius 1 is 1.11 bits per heavy atom. The highest BCUT2D eigenvalue weighted by Crippen LogP contribution is 2.26. The standard InChI is InChI=1S/C19H18ClN5O2/c1-10-5-6-12-7-13(16(20)22-14(12)11(10)2)8-25-9-21-17-15(25)18(26)24(4)19(27)23(17)3/h5-7,9H,8H2,1-4H3. The van der Waals surface area contributed by atoms with Crippen LogP contribution in [0.4, 0.5) is 0 Å². The van der Waals surface area contributed by atoms with Crippen LogP contribution in [0.3, 0.4) is 0 Å². The molecule has 0 aliphatic rings. The lowest BCUT2D eigenvalue weighted by Gasteiger charge is -2.11. The van der Waals surface area contributed by atoms with Crippen molar-refractivity contribution in [1.82, 2.24) is 23.7 Å². The minimum Gasteiger partial charge on any atom is -0.320 e. The molecule has 0 spiro atoms. The summed E-state index contributed by atoms with van der Waals surface area (Å²) in [5.41, 5.74) is 3.81. The zero-order chi connectivity index (χ0) is 19.5. The third kappa shape index (κ3) is 2.57. The maximum absolute atomic E-state index is 12.6. The summed E-state index contributed by atoms with van der Waals surface area (Å²) >= 11 is 6.44. The number of hydrogen-bond donors (Lipinski definition) is 0. The van der Waals surface area contributed by atoms with Gasteiger partial charge in [-0.3, -0.25) is 13.9 Å². The maximum Gasteiger partial charge on any atom is 0.332 e. The maximum atomic E-state index is 12.6. The van der Waals surface area contributed by atoms with E-state index in [0.29, 0.717) is 22.9 Å². The van der Waals surface area contributed by atoms with E-state index >= 15 is 0 Å². The van der Waals surface area contributed by atoms with E-state index in [0.717, 1.165) is 32.2 Å². The Balaban J connectivity index is 1.91. The largest absolute Gasteiger partial charge is 0.332 e. The highest BCUT2D eigenvalue weighted by Gasteiger charge is 2.16. The Labute approximate surface area is 159 Å². The van der Waals surface area contributed by atoms with E-state index in [2.05, 4.69) is 16.0 Å². The number of aryl methyl sites for hydroxylation is 3. The molecule has 0 amide bonds. The van der Waals surface area contributed by atoms with Crippen LogP contribution in [0.25, 0.3) is 22.1 Å². The van der Waals surface area contributed by atoms with Gasteiger partial charge in [-0.05, 0) is 31.0 Å². The molecule has 0 bridgehead atoms. The van der Waals surface area contributed by atoms with Gasteiger partial charge < -0.3 is 4.57 Å². The lowest BCUT2D eigenvalue weighted by molar-refractivity contribution is 0.702. The van der Waals surface area contributed by atoms with E-state index in [1.54, 1.807) is 17.9 Å². The van der Waals surface area contributed by atoms with Gasteiger partial charge in [0, 0.05) is 25.0 Å². The van der Waals surface area contributed by atoms with E-state index in [1.807, 2.05) is 26.0 Å². The van der Waals surface area contributed by atoms with Gasteiger partial charge in [-0.2, -0.15) is 0 Å². The van der Waals surface area contributed by atoms with Gasteiger partial charge in [0.25, 0.3) is 5.56 Å². The van der Waals surface area contributed by atoms with Gasteiger partial charge in [0.05, 0.1) is 18.4 Å². The van der Waals surface area contributed by atoms with E-state index in [1.165, 1.54) is 11.6 Å². The number of aromatic nitrogens is 5. The minimum absolute atomic E-state index is 0.332. The lowest BCUT2D eigenvalue weighted by atomic mass is 10.0. The van der Waals surface area contributed by atoms with Crippen molar-refractivity contribution in [3.8, 4) is 0 Å². The molecule has 4 rings (SSSR count). The molecule has 27 heavy (non-hydrogen) atoms. The van der Waals surface area contributed by atoms with Crippen LogP contribution in [-0.4, -0.2) is 23.7 Å². The summed E-state index contributed by atoms with van der Waals surface area (Å²) in [5.74, 6) is 0. The van der Waals surface area contributed by atoms with Crippen molar-refractivity contribution < 1.29 is 0 Å². The van der Waals surface area contributed by atoms with Crippen molar-refractivity contribution in [1.29, 1.82) is 0 Å². The predicted octanol–water partition coefficient (Wildman–Crippen LogP) is 2.30. The van der Waals surface area contributed by atoms with E-state index in [4.69, 9.17) is 11.6 Å². The monoisotopic (exact) mass is 383 g/mol. The van der Waals surface area contributed by atoms with Crippen LogP contribution in [0, 0.1) is 13.8 Å². The topological polar surface area (TPSA) is 74.7 Å². The van der Waals surface area contributed by atoms with E-state index < -0.39 is 5.69 Å². The van der Waals surface area contributed by atoms with Crippen LogP contribution in [0.5, 0.6) is 0 Å². The third-order valence-corrected chi connectivity index (χ3v) is 5.42. The smallest absolute Gasteiger partial charge is 0.320 e. The molecule has 0 saturated heterocycles. The predicted molar refractivity (Wildman–Crippen MR) is 106 cm³/mol. The molecule has 0 atom stereocenters. The molecule has 3 heterocycles. The fourth-order valence-electron chi connectivity index (χ4n) is 3.32. The number of pyridine rings is 1. The van der Waals surface area contributed by atoms with Crippen molar-refractivity contribution >= 4 is 33.7 Å². The molecule has 0 unspecified atom stereocenters. The van der Waals surface area contributed by atoms with Crippen molar-refractivity contribution in [2.45, 2.75) is 20.4 Å². The number of nitrogens with zero attached hydrogens (tertiary/aromatic N) is 5. The molecule has 0 fully saturated rings. The normalized spacial score (nSPS) is 11.6. The summed E-state index contributed by atoms with van der Waals surface area (Å²) in [4.78, 5) is 33.5. The molecular weight excluding hydrogens is 366 g/mol.